The van der Waals surface area contributed by atoms with Crippen molar-refractivity contribution >= 4 is 18.6 Å². The Hall–Kier alpha value is -2.10. The van der Waals surface area contributed by atoms with E-state index in [9.17, 15) is 20.1 Å². The van der Waals surface area contributed by atoms with Gasteiger partial charge in [0.25, 0.3) is 0 Å². The van der Waals surface area contributed by atoms with E-state index < -0.39 is 29.2 Å². The van der Waals surface area contributed by atoms with Crippen molar-refractivity contribution < 1.29 is 39.1 Å². The molecule has 0 spiro atoms. The zero-order valence-corrected chi connectivity index (χ0v) is 26.6. The van der Waals surface area contributed by atoms with Crippen LogP contribution in [-0.2, 0) is 20.7 Å². The largest absolute Gasteiger partial charge is 0.504 e. The molecule has 8 nitrogen and oxygen atoms in total. The minimum Gasteiger partial charge on any atom is -0.504 e. The molecule has 1 saturated heterocycles. The number of phenolic OH excluding ortho intramolecular Hbond substituents is 2. The van der Waals surface area contributed by atoms with Crippen molar-refractivity contribution in [3.8, 4) is 23.0 Å². The summed E-state index contributed by atoms with van der Waals surface area (Å²) in [6, 6.07) is 0. The smallest absolute Gasteiger partial charge is 0.303 e. The quantitative estimate of drug-likeness (QED) is 0.129. The number of carbonyl (C=O) groups is 1. The highest BCUT2D eigenvalue weighted by Crippen LogP contribution is 2.62. The van der Waals surface area contributed by atoms with Crippen LogP contribution >= 0.6 is 12.6 Å². The molecule has 230 valence electrons. The Labute approximate surface area is 249 Å². The van der Waals surface area contributed by atoms with Crippen molar-refractivity contribution in [1.82, 2.24) is 0 Å². The van der Waals surface area contributed by atoms with Gasteiger partial charge in [-0.15, -0.1) is 0 Å². The number of fused-ring (bicyclic) bond motifs is 4. The molecule has 0 amide bonds. The number of aromatic hydroxyl groups is 2. The van der Waals surface area contributed by atoms with E-state index in [-0.39, 0.29) is 53.1 Å². The van der Waals surface area contributed by atoms with E-state index in [1.54, 1.807) is 13.8 Å². The van der Waals surface area contributed by atoms with Crippen molar-refractivity contribution in [2.24, 2.45) is 11.3 Å². The number of rotatable bonds is 8. The summed E-state index contributed by atoms with van der Waals surface area (Å²) in [5.41, 5.74) is -0.125. The number of hydrogen-bond donors (Lipinski definition) is 4. The average Bonchev–Trinajstić information content (AvgIpc) is 2.90. The maximum Gasteiger partial charge on any atom is 0.303 e. The van der Waals surface area contributed by atoms with Crippen LogP contribution in [0, 0.1) is 11.3 Å². The fourth-order valence-electron chi connectivity index (χ4n) is 7.48. The van der Waals surface area contributed by atoms with Gasteiger partial charge in [0.1, 0.15) is 11.7 Å². The maximum absolute atomic E-state index is 12.0. The molecule has 1 aliphatic carbocycles. The third kappa shape index (κ3) is 5.66. The fourth-order valence-corrected chi connectivity index (χ4v) is 7.57. The lowest BCUT2D eigenvalue weighted by molar-refractivity contribution is -0.238. The monoisotopic (exact) mass is 592 g/mol. The van der Waals surface area contributed by atoms with Gasteiger partial charge in [0.2, 0.25) is 0 Å². The third-order valence-electron chi connectivity index (χ3n) is 9.91. The van der Waals surface area contributed by atoms with Crippen LogP contribution in [0.1, 0.15) is 98.1 Å². The van der Waals surface area contributed by atoms with Crippen LogP contribution in [0.2, 0.25) is 0 Å². The van der Waals surface area contributed by atoms with E-state index in [1.807, 2.05) is 26.8 Å². The van der Waals surface area contributed by atoms with Gasteiger partial charge >= 0.3 is 5.97 Å². The minimum absolute atomic E-state index is 0.00521. The van der Waals surface area contributed by atoms with Gasteiger partial charge in [-0.3, -0.25) is 4.79 Å². The number of thiol groups is 1. The highest BCUT2D eigenvalue weighted by Gasteiger charge is 2.60. The number of esters is 1. The fraction of sp³-hybridized carbons (Fsp3) is 0.719. The average molecular weight is 593 g/mol. The van der Waals surface area contributed by atoms with Gasteiger partial charge in [-0.05, 0) is 72.3 Å². The Morgan fingerprint density at radius 2 is 1.88 bits per heavy atom. The maximum atomic E-state index is 12.0. The Balaban J connectivity index is 1.81. The molecule has 3 aliphatic rings. The number of benzene rings is 1. The third-order valence-corrected chi connectivity index (χ3v) is 10.1. The molecule has 2 fully saturated rings. The van der Waals surface area contributed by atoms with Gasteiger partial charge < -0.3 is 34.3 Å². The van der Waals surface area contributed by atoms with E-state index in [4.69, 9.17) is 18.9 Å². The molecule has 0 aromatic heterocycles. The van der Waals surface area contributed by atoms with Gasteiger partial charge in [0, 0.05) is 35.5 Å². The van der Waals surface area contributed by atoms with Gasteiger partial charge in [0.05, 0.1) is 30.0 Å². The number of aliphatic hydroxyl groups is 1. The molecule has 2 heterocycles. The van der Waals surface area contributed by atoms with Crippen LogP contribution in [0.5, 0.6) is 23.0 Å². The van der Waals surface area contributed by atoms with Gasteiger partial charge in [-0.1, -0.05) is 19.9 Å². The molecular weight excluding hydrogens is 544 g/mol. The topological polar surface area (TPSA) is 115 Å². The van der Waals surface area contributed by atoms with Gasteiger partial charge in [-0.25, -0.2) is 0 Å². The van der Waals surface area contributed by atoms with Gasteiger partial charge in [-0.2, -0.15) is 12.6 Å². The molecule has 4 rings (SSSR count). The summed E-state index contributed by atoms with van der Waals surface area (Å²) in [5.74, 6) is -0.341. The second-order valence-corrected chi connectivity index (χ2v) is 13.6. The standard InChI is InChI=1S/C32H48O8S/c1-9-17(2)27(38-19(4)33)18(3)24-26(35)28-20(25(34)29(24)37-14-15-41)16-21-31(7)12-10-22(30(5,6)36)39-23(31)11-13-32(21,8)40-28/h9,18,21-23,27,34-36,41H,10-16H2,1-8H3/b17-9+/t18-,21+,22+,23+,27+,31+,32+/m0/s1. The van der Waals surface area contributed by atoms with Crippen molar-refractivity contribution in [2.75, 3.05) is 12.4 Å². The predicted molar refractivity (Wildman–Crippen MR) is 160 cm³/mol. The highest BCUT2D eigenvalue weighted by atomic mass is 32.1. The second-order valence-electron chi connectivity index (χ2n) is 13.2. The summed E-state index contributed by atoms with van der Waals surface area (Å²) in [4.78, 5) is 12.0. The first-order valence-corrected chi connectivity index (χ1v) is 15.4. The lowest BCUT2D eigenvalue weighted by atomic mass is 9.54. The molecule has 41 heavy (non-hydrogen) atoms. The Kier molecular flexibility index (Phi) is 8.95. The number of allylic oxidation sites excluding steroid dienone is 1. The molecule has 3 N–H and O–H groups in total. The molecule has 1 aromatic rings. The van der Waals surface area contributed by atoms with Crippen LogP contribution in [0.3, 0.4) is 0 Å². The summed E-state index contributed by atoms with van der Waals surface area (Å²) in [6.07, 6.45) is 4.40. The molecule has 1 saturated carbocycles. The first kappa shape index (κ1) is 31.8. The summed E-state index contributed by atoms with van der Waals surface area (Å²) < 4.78 is 25.0. The zero-order chi connectivity index (χ0) is 30.5. The predicted octanol–water partition coefficient (Wildman–Crippen LogP) is 5.84. The second kappa shape index (κ2) is 11.5. The van der Waals surface area contributed by atoms with Crippen molar-refractivity contribution in [3.05, 3.63) is 22.8 Å². The first-order valence-electron chi connectivity index (χ1n) is 14.8. The van der Waals surface area contributed by atoms with Crippen LogP contribution in [-0.4, -0.2) is 63.2 Å². The highest BCUT2D eigenvalue weighted by molar-refractivity contribution is 7.80. The molecular formula is C32H48O8S. The lowest BCUT2D eigenvalue weighted by Crippen LogP contribution is -2.63. The first-order chi connectivity index (χ1) is 19.1. The van der Waals surface area contributed by atoms with E-state index in [0.29, 0.717) is 29.7 Å². The summed E-state index contributed by atoms with van der Waals surface area (Å²) >= 11 is 4.29. The molecule has 1 aromatic carbocycles. The number of phenols is 2. The molecule has 2 aliphatic heterocycles. The number of carbonyl (C=O) groups excluding carboxylic acids is 1. The SMILES string of the molecule is C/C=C(\C)[C@@H](OC(C)=O)[C@@H](C)c1c(O)c2c(c(O)c1OCCS)C[C@@H]1[C@@]3(C)CC[C@H](C(C)(C)O)O[C@@H]3CC[C@@]1(C)O2. The van der Waals surface area contributed by atoms with E-state index in [0.717, 1.165) is 24.8 Å². The Morgan fingerprint density at radius 3 is 2.46 bits per heavy atom. The lowest BCUT2D eigenvalue weighted by Gasteiger charge is -2.60. The number of hydrogen-bond acceptors (Lipinski definition) is 9. The van der Waals surface area contributed by atoms with E-state index in [2.05, 4.69) is 26.5 Å². The summed E-state index contributed by atoms with van der Waals surface area (Å²) in [6.45, 7) is 15.0. The van der Waals surface area contributed by atoms with Crippen LogP contribution in [0.15, 0.2) is 11.6 Å². The summed E-state index contributed by atoms with van der Waals surface area (Å²) in [7, 11) is 0. The van der Waals surface area contributed by atoms with Crippen LogP contribution in [0.25, 0.3) is 0 Å². The van der Waals surface area contributed by atoms with Crippen molar-refractivity contribution in [1.29, 1.82) is 0 Å². The number of ether oxygens (including phenoxy) is 4. The van der Waals surface area contributed by atoms with Crippen molar-refractivity contribution in [3.63, 3.8) is 0 Å². The van der Waals surface area contributed by atoms with Gasteiger partial charge in [0.15, 0.2) is 23.0 Å². The molecule has 0 bridgehead atoms. The summed E-state index contributed by atoms with van der Waals surface area (Å²) in [5, 5.41) is 34.2. The van der Waals surface area contributed by atoms with Crippen LogP contribution < -0.4 is 9.47 Å². The molecule has 0 radical (unpaired) electrons. The van der Waals surface area contributed by atoms with E-state index >= 15 is 0 Å². The Bertz CT molecular complexity index is 1190. The van der Waals surface area contributed by atoms with E-state index in [1.165, 1.54) is 6.92 Å². The zero-order valence-electron chi connectivity index (χ0n) is 25.7. The molecule has 9 heteroatoms. The van der Waals surface area contributed by atoms with Crippen molar-refractivity contribution in [2.45, 2.75) is 123 Å². The Morgan fingerprint density at radius 1 is 1.20 bits per heavy atom. The van der Waals surface area contributed by atoms with Crippen LogP contribution in [0.4, 0.5) is 0 Å². The normalized spacial score (nSPS) is 31.2. The minimum atomic E-state index is -0.927. The molecule has 0 unspecified atom stereocenters. The molecule has 7 atom stereocenters.